The van der Waals surface area contributed by atoms with Gasteiger partial charge in [-0.25, -0.2) is 0 Å². The maximum Gasteiger partial charge on any atom is 0.258 e. The molecule has 0 aliphatic rings. The van der Waals surface area contributed by atoms with E-state index in [1.165, 1.54) is 6.26 Å². The molecule has 0 saturated carbocycles. The van der Waals surface area contributed by atoms with Crippen molar-refractivity contribution in [3.63, 3.8) is 0 Å². The maximum absolute atomic E-state index is 11.9. The molecule has 0 unspecified atom stereocenters. The number of hydrogen-bond donors (Lipinski definition) is 0. The maximum atomic E-state index is 11.9. The van der Waals surface area contributed by atoms with Crippen LogP contribution in [0.25, 0.3) is 0 Å². The Bertz CT molecular complexity index is 333. The zero-order valence-corrected chi connectivity index (χ0v) is 10.9. The Morgan fingerprint density at radius 3 is 2.73 bits per heavy atom. The molecule has 0 spiro atoms. The molecule has 0 bridgehead atoms. The van der Waals surface area contributed by atoms with E-state index in [2.05, 4.69) is 29.8 Å². The highest BCUT2D eigenvalue weighted by Gasteiger charge is 2.16. The largest absolute Gasteiger partial charge is 0.457 e. The first-order valence-electron chi connectivity index (χ1n) is 5.00. The van der Waals surface area contributed by atoms with E-state index in [4.69, 9.17) is 4.42 Å². The number of carbonyl (C=O) groups is 1. The van der Waals surface area contributed by atoms with Gasteiger partial charge in [-0.05, 0) is 34.3 Å². The number of carbonyl (C=O) groups excluding carboxylic acids is 1. The van der Waals surface area contributed by atoms with E-state index < -0.39 is 0 Å². The Hall–Kier alpha value is -0.770. The van der Waals surface area contributed by atoms with E-state index in [1.54, 1.807) is 11.0 Å². The minimum atomic E-state index is -0.00345. The summed E-state index contributed by atoms with van der Waals surface area (Å²) in [6, 6.07) is 1.68. The van der Waals surface area contributed by atoms with Gasteiger partial charge in [0.15, 0.2) is 4.67 Å². The molecule has 0 saturated heterocycles. The molecule has 3 nitrogen and oxygen atoms in total. The molecule has 1 rings (SSSR count). The summed E-state index contributed by atoms with van der Waals surface area (Å²) in [7, 11) is 1.81. The lowest BCUT2D eigenvalue weighted by atomic mass is 10.1. The van der Waals surface area contributed by atoms with Gasteiger partial charge in [-0.15, -0.1) is 0 Å². The lowest BCUT2D eigenvalue weighted by molar-refractivity contribution is 0.0787. The summed E-state index contributed by atoms with van der Waals surface area (Å²) in [4.78, 5) is 13.6. The van der Waals surface area contributed by atoms with Crippen LogP contribution < -0.4 is 0 Å². The second-order valence-electron chi connectivity index (χ2n) is 4.02. The second-order valence-corrected chi connectivity index (χ2v) is 4.74. The smallest absolute Gasteiger partial charge is 0.258 e. The Morgan fingerprint density at radius 2 is 2.27 bits per heavy atom. The van der Waals surface area contributed by atoms with Crippen molar-refractivity contribution >= 4 is 21.8 Å². The molecule has 4 heteroatoms. The van der Waals surface area contributed by atoms with Crippen LogP contribution in [0.2, 0.25) is 0 Å². The van der Waals surface area contributed by atoms with Crippen molar-refractivity contribution in [1.29, 1.82) is 0 Å². The van der Waals surface area contributed by atoms with E-state index in [0.717, 1.165) is 13.0 Å². The third kappa shape index (κ3) is 3.38. The van der Waals surface area contributed by atoms with Crippen LogP contribution in [-0.4, -0.2) is 24.4 Å². The second kappa shape index (κ2) is 5.35. The SMILES string of the molecule is CC(C)CCN(C)C(=O)c1ccoc1Br. The fourth-order valence-electron chi connectivity index (χ4n) is 1.21. The number of halogens is 1. The first kappa shape index (κ1) is 12.3. The molecule has 84 valence electrons. The molecular formula is C11H16BrNO2. The van der Waals surface area contributed by atoms with E-state index in [9.17, 15) is 4.79 Å². The van der Waals surface area contributed by atoms with Gasteiger partial charge in [0.25, 0.3) is 5.91 Å². The lowest BCUT2D eigenvalue weighted by Gasteiger charge is -2.17. The van der Waals surface area contributed by atoms with Crippen molar-refractivity contribution in [1.82, 2.24) is 4.90 Å². The molecule has 1 heterocycles. The molecule has 1 aromatic rings. The highest BCUT2D eigenvalue weighted by Crippen LogP contribution is 2.19. The Kier molecular flexibility index (Phi) is 4.39. The summed E-state index contributed by atoms with van der Waals surface area (Å²) in [5.74, 6) is 0.601. The molecule has 15 heavy (non-hydrogen) atoms. The van der Waals surface area contributed by atoms with Crippen LogP contribution in [0.1, 0.15) is 30.6 Å². The Morgan fingerprint density at radius 1 is 1.60 bits per heavy atom. The van der Waals surface area contributed by atoms with Crippen molar-refractivity contribution in [3.8, 4) is 0 Å². The van der Waals surface area contributed by atoms with E-state index in [0.29, 0.717) is 16.2 Å². The minimum Gasteiger partial charge on any atom is -0.457 e. The number of hydrogen-bond acceptors (Lipinski definition) is 2. The van der Waals surface area contributed by atoms with Gasteiger partial charge in [-0.3, -0.25) is 4.79 Å². The molecule has 1 amide bonds. The van der Waals surface area contributed by atoms with Gasteiger partial charge >= 0.3 is 0 Å². The third-order valence-electron chi connectivity index (χ3n) is 2.24. The van der Waals surface area contributed by atoms with Crippen molar-refractivity contribution in [2.75, 3.05) is 13.6 Å². The van der Waals surface area contributed by atoms with Crippen molar-refractivity contribution in [2.24, 2.45) is 5.92 Å². The summed E-state index contributed by atoms with van der Waals surface area (Å²) in [5, 5.41) is 0. The summed E-state index contributed by atoms with van der Waals surface area (Å²) in [6.45, 7) is 5.06. The van der Waals surface area contributed by atoms with Crippen LogP contribution in [0, 0.1) is 5.92 Å². The quantitative estimate of drug-likeness (QED) is 0.845. The van der Waals surface area contributed by atoms with Gasteiger partial charge in [0, 0.05) is 13.6 Å². The van der Waals surface area contributed by atoms with Crippen LogP contribution in [-0.2, 0) is 0 Å². The fourth-order valence-corrected chi connectivity index (χ4v) is 1.61. The van der Waals surface area contributed by atoms with E-state index in [1.807, 2.05) is 7.05 Å². The van der Waals surface area contributed by atoms with Crippen molar-refractivity contribution in [3.05, 3.63) is 22.6 Å². The molecule has 0 fully saturated rings. The minimum absolute atomic E-state index is 0.00345. The summed E-state index contributed by atoms with van der Waals surface area (Å²) >= 11 is 3.20. The monoisotopic (exact) mass is 273 g/mol. The highest BCUT2D eigenvalue weighted by molar-refractivity contribution is 9.10. The summed E-state index contributed by atoms with van der Waals surface area (Å²) in [6.07, 6.45) is 2.52. The van der Waals surface area contributed by atoms with Gasteiger partial charge in [0.1, 0.15) is 0 Å². The first-order chi connectivity index (χ1) is 7.02. The van der Waals surface area contributed by atoms with Crippen molar-refractivity contribution < 1.29 is 9.21 Å². The number of furan rings is 1. The average Bonchev–Trinajstić information content (AvgIpc) is 2.59. The zero-order valence-electron chi connectivity index (χ0n) is 9.29. The molecule has 0 atom stereocenters. The molecule has 0 radical (unpaired) electrons. The normalized spacial score (nSPS) is 10.7. The van der Waals surface area contributed by atoms with Crippen LogP contribution in [0.15, 0.2) is 21.4 Å². The van der Waals surface area contributed by atoms with Gasteiger partial charge in [-0.2, -0.15) is 0 Å². The average molecular weight is 274 g/mol. The molecule has 0 aliphatic heterocycles. The predicted octanol–water partition coefficient (Wildman–Crippen LogP) is 3.16. The third-order valence-corrected chi connectivity index (χ3v) is 2.85. The van der Waals surface area contributed by atoms with E-state index in [-0.39, 0.29) is 5.91 Å². The predicted molar refractivity (Wildman–Crippen MR) is 62.8 cm³/mol. The molecule has 0 aliphatic carbocycles. The number of rotatable bonds is 4. The zero-order chi connectivity index (χ0) is 11.4. The van der Waals surface area contributed by atoms with Crippen LogP contribution in [0.5, 0.6) is 0 Å². The van der Waals surface area contributed by atoms with E-state index >= 15 is 0 Å². The van der Waals surface area contributed by atoms with Gasteiger partial charge in [0.05, 0.1) is 11.8 Å². The van der Waals surface area contributed by atoms with Crippen LogP contribution >= 0.6 is 15.9 Å². The molecule has 1 aromatic heterocycles. The van der Waals surface area contributed by atoms with Crippen LogP contribution in [0.3, 0.4) is 0 Å². The fraction of sp³-hybridized carbons (Fsp3) is 0.545. The standard InChI is InChI=1S/C11H16BrNO2/c1-8(2)4-6-13(3)11(14)9-5-7-15-10(9)12/h5,7-8H,4,6H2,1-3H3. The number of nitrogens with zero attached hydrogens (tertiary/aromatic N) is 1. The number of amides is 1. The lowest BCUT2D eigenvalue weighted by Crippen LogP contribution is -2.28. The summed E-state index contributed by atoms with van der Waals surface area (Å²) in [5.41, 5.74) is 0.584. The van der Waals surface area contributed by atoms with Crippen LogP contribution in [0.4, 0.5) is 0 Å². The molecule has 0 aromatic carbocycles. The van der Waals surface area contributed by atoms with Gasteiger partial charge in [0.2, 0.25) is 0 Å². The first-order valence-corrected chi connectivity index (χ1v) is 5.80. The Labute approximate surface area is 98.6 Å². The Balaban J connectivity index is 2.57. The van der Waals surface area contributed by atoms with Crippen molar-refractivity contribution in [2.45, 2.75) is 20.3 Å². The van der Waals surface area contributed by atoms with Gasteiger partial charge in [-0.1, -0.05) is 13.8 Å². The van der Waals surface area contributed by atoms with Gasteiger partial charge < -0.3 is 9.32 Å². The molecule has 0 N–H and O–H groups in total. The summed E-state index contributed by atoms with van der Waals surface area (Å²) < 4.78 is 5.53. The highest BCUT2D eigenvalue weighted by atomic mass is 79.9. The molecular weight excluding hydrogens is 258 g/mol. The topological polar surface area (TPSA) is 33.5 Å².